The molecule has 2 aromatic heterocycles. The smallest absolute Gasteiger partial charge is 0.247 e. The number of carbonyl (C=O) groups is 1. The van der Waals surface area contributed by atoms with Gasteiger partial charge in [0.25, 0.3) is 0 Å². The average Bonchev–Trinajstić information content (AvgIpc) is 3.06. The van der Waals surface area contributed by atoms with Gasteiger partial charge in [0.15, 0.2) is 0 Å². The lowest BCUT2D eigenvalue weighted by Crippen LogP contribution is -2.65. The molecule has 3 heterocycles. The molecule has 3 saturated carbocycles. The summed E-state index contributed by atoms with van der Waals surface area (Å²) in [7, 11) is 1.96. The van der Waals surface area contributed by atoms with E-state index in [0.717, 1.165) is 35.0 Å². The van der Waals surface area contributed by atoms with Crippen LogP contribution >= 0.6 is 0 Å². The third-order valence-corrected chi connectivity index (χ3v) is 6.86. The highest BCUT2D eigenvalue weighted by Gasteiger charge is 2.69. The van der Waals surface area contributed by atoms with Gasteiger partial charge in [0.05, 0.1) is 23.3 Å². The molecule has 3 fully saturated rings. The number of fused-ring (bicyclic) bond motifs is 1. The SMILES string of the molecule is Cc1nc(NCc2cnn(CC34CC(F)(C3)C4)c2)cc2c1NC(=O)C(C(C)C)N2C. The van der Waals surface area contributed by atoms with Gasteiger partial charge in [0, 0.05) is 38.0 Å². The predicted molar refractivity (Wildman–Crippen MR) is 114 cm³/mol. The maximum atomic E-state index is 13.7. The average molecular weight is 413 g/mol. The first-order valence-electron chi connectivity index (χ1n) is 10.7. The summed E-state index contributed by atoms with van der Waals surface area (Å²) in [6.07, 6.45) is 5.95. The predicted octanol–water partition coefficient (Wildman–Crippen LogP) is 3.50. The van der Waals surface area contributed by atoms with E-state index in [1.165, 1.54) is 0 Å². The molecule has 2 aromatic rings. The molecule has 8 heteroatoms. The number of aromatic nitrogens is 3. The molecule has 30 heavy (non-hydrogen) atoms. The lowest BCUT2D eigenvalue weighted by Gasteiger charge is -2.65. The zero-order chi connectivity index (χ0) is 21.3. The van der Waals surface area contributed by atoms with Gasteiger partial charge in [0.2, 0.25) is 5.91 Å². The van der Waals surface area contributed by atoms with Crippen LogP contribution in [0.4, 0.5) is 21.6 Å². The second-order valence-electron chi connectivity index (χ2n) is 9.86. The van der Waals surface area contributed by atoms with Crippen molar-refractivity contribution < 1.29 is 9.18 Å². The number of likely N-dealkylation sites (N-methyl/N-ethyl adjacent to an activating group) is 1. The van der Waals surface area contributed by atoms with Gasteiger partial charge in [-0.05, 0) is 37.5 Å². The Morgan fingerprint density at radius 1 is 1.37 bits per heavy atom. The minimum absolute atomic E-state index is 0.0143. The summed E-state index contributed by atoms with van der Waals surface area (Å²) in [6, 6.07) is 1.79. The van der Waals surface area contributed by atoms with Crippen LogP contribution in [-0.4, -0.2) is 39.4 Å². The first kappa shape index (κ1) is 19.3. The molecule has 0 spiro atoms. The Morgan fingerprint density at radius 2 is 2.10 bits per heavy atom. The van der Waals surface area contributed by atoms with E-state index in [4.69, 9.17) is 0 Å². The number of nitrogens with one attached hydrogen (secondary N) is 2. The van der Waals surface area contributed by atoms with Crippen LogP contribution in [0, 0.1) is 18.3 Å². The summed E-state index contributed by atoms with van der Waals surface area (Å²) in [5.41, 5.74) is 2.89. The van der Waals surface area contributed by atoms with E-state index in [-0.39, 0.29) is 23.3 Å². The summed E-state index contributed by atoms with van der Waals surface area (Å²) in [5, 5.41) is 10.9. The maximum Gasteiger partial charge on any atom is 0.247 e. The zero-order valence-electron chi connectivity index (χ0n) is 18.0. The number of pyridine rings is 1. The summed E-state index contributed by atoms with van der Waals surface area (Å²) < 4.78 is 15.7. The number of alkyl halides is 1. The van der Waals surface area contributed by atoms with E-state index in [0.29, 0.717) is 25.8 Å². The molecular formula is C22H29FN6O. The summed E-state index contributed by atoms with van der Waals surface area (Å²) in [6.45, 7) is 7.42. The van der Waals surface area contributed by atoms with Gasteiger partial charge >= 0.3 is 0 Å². The molecule has 3 aliphatic carbocycles. The van der Waals surface area contributed by atoms with Crippen LogP contribution < -0.4 is 15.5 Å². The van der Waals surface area contributed by atoms with Crippen LogP contribution in [0.1, 0.15) is 44.4 Å². The van der Waals surface area contributed by atoms with Crippen LogP contribution in [0.25, 0.3) is 0 Å². The molecule has 1 atom stereocenters. The van der Waals surface area contributed by atoms with Crippen molar-refractivity contribution in [1.82, 2.24) is 14.8 Å². The lowest BCUT2D eigenvalue weighted by atomic mass is 9.42. The molecule has 1 amide bonds. The summed E-state index contributed by atoms with van der Waals surface area (Å²) in [4.78, 5) is 19.1. The highest BCUT2D eigenvalue weighted by molar-refractivity contribution is 6.04. The number of carbonyl (C=O) groups excluding carboxylic acids is 1. The highest BCUT2D eigenvalue weighted by atomic mass is 19.1. The van der Waals surface area contributed by atoms with Crippen LogP contribution in [0.3, 0.4) is 0 Å². The number of hydrogen-bond donors (Lipinski definition) is 2. The molecule has 2 N–H and O–H groups in total. The first-order valence-corrected chi connectivity index (χ1v) is 10.7. The third kappa shape index (κ3) is 3.04. The molecular weight excluding hydrogens is 383 g/mol. The Bertz CT molecular complexity index is 995. The molecule has 1 unspecified atom stereocenters. The standard InChI is InChI=1S/C22H29FN6O/c1-13(2)19-20(30)27-18-14(3)26-17(5-16(18)28(19)4)24-6-15-7-25-29(8-15)12-21-9-22(23,10-21)11-21/h5,7-8,13,19H,6,9-12H2,1-4H3,(H,24,26)(H,27,30). The Morgan fingerprint density at radius 3 is 2.77 bits per heavy atom. The van der Waals surface area contributed by atoms with E-state index in [1.807, 2.05) is 42.0 Å². The zero-order valence-corrected chi connectivity index (χ0v) is 18.0. The van der Waals surface area contributed by atoms with Gasteiger partial charge in [0.1, 0.15) is 17.5 Å². The van der Waals surface area contributed by atoms with Crippen molar-refractivity contribution in [2.24, 2.45) is 11.3 Å². The number of hydrogen-bond acceptors (Lipinski definition) is 5. The monoisotopic (exact) mass is 412 g/mol. The fraction of sp³-hybridized carbons (Fsp3) is 0.591. The first-order chi connectivity index (χ1) is 14.2. The van der Waals surface area contributed by atoms with Gasteiger partial charge in [-0.15, -0.1) is 0 Å². The van der Waals surface area contributed by atoms with Crippen molar-refractivity contribution in [3.8, 4) is 0 Å². The lowest BCUT2D eigenvalue weighted by molar-refractivity contribution is -0.221. The molecule has 2 bridgehead atoms. The molecule has 0 saturated heterocycles. The second kappa shape index (κ2) is 6.43. The van der Waals surface area contributed by atoms with Crippen molar-refractivity contribution >= 4 is 23.1 Å². The van der Waals surface area contributed by atoms with Crippen molar-refractivity contribution in [2.45, 2.75) is 64.8 Å². The van der Waals surface area contributed by atoms with Gasteiger partial charge in [-0.3, -0.25) is 9.48 Å². The molecule has 7 nitrogen and oxygen atoms in total. The number of nitrogens with zero attached hydrogens (tertiary/aromatic N) is 4. The largest absolute Gasteiger partial charge is 0.366 e. The van der Waals surface area contributed by atoms with Crippen molar-refractivity contribution in [3.05, 3.63) is 29.7 Å². The van der Waals surface area contributed by atoms with Crippen LogP contribution in [-0.2, 0) is 17.9 Å². The van der Waals surface area contributed by atoms with E-state index in [2.05, 4.69) is 34.6 Å². The van der Waals surface area contributed by atoms with Gasteiger partial charge in [-0.1, -0.05) is 13.8 Å². The van der Waals surface area contributed by atoms with Crippen molar-refractivity contribution in [2.75, 3.05) is 22.6 Å². The Labute approximate surface area is 176 Å². The van der Waals surface area contributed by atoms with Crippen molar-refractivity contribution in [1.29, 1.82) is 0 Å². The number of rotatable bonds is 6. The summed E-state index contributed by atoms with van der Waals surface area (Å²) in [5.74, 6) is 0.982. The second-order valence-corrected chi connectivity index (χ2v) is 9.86. The molecule has 6 rings (SSSR count). The summed E-state index contributed by atoms with van der Waals surface area (Å²) >= 11 is 0. The number of anilines is 3. The molecule has 0 radical (unpaired) electrons. The molecule has 160 valence electrons. The van der Waals surface area contributed by atoms with Crippen LogP contribution in [0.2, 0.25) is 0 Å². The van der Waals surface area contributed by atoms with E-state index < -0.39 is 5.67 Å². The Kier molecular flexibility index (Phi) is 4.14. The molecule has 0 aromatic carbocycles. The minimum Gasteiger partial charge on any atom is -0.366 e. The van der Waals surface area contributed by atoms with E-state index >= 15 is 0 Å². The quantitative estimate of drug-likeness (QED) is 0.760. The highest BCUT2D eigenvalue weighted by Crippen LogP contribution is 2.70. The van der Waals surface area contributed by atoms with Crippen molar-refractivity contribution in [3.63, 3.8) is 0 Å². The number of aryl methyl sites for hydroxylation is 1. The fourth-order valence-corrected chi connectivity index (χ4v) is 5.60. The molecule has 1 aliphatic heterocycles. The number of amides is 1. The minimum atomic E-state index is -0.866. The molecule has 4 aliphatic rings. The van der Waals surface area contributed by atoms with Gasteiger partial charge in [-0.2, -0.15) is 5.10 Å². The van der Waals surface area contributed by atoms with Crippen LogP contribution in [0.5, 0.6) is 0 Å². The normalized spacial score (nSPS) is 29.2. The Balaban J connectivity index is 1.27. The van der Waals surface area contributed by atoms with E-state index in [1.54, 1.807) is 0 Å². The topological polar surface area (TPSA) is 75.1 Å². The van der Waals surface area contributed by atoms with Gasteiger partial charge < -0.3 is 15.5 Å². The van der Waals surface area contributed by atoms with Crippen LogP contribution in [0.15, 0.2) is 18.5 Å². The number of halogens is 1. The van der Waals surface area contributed by atoms with Gasteiger partial charge in [-0.25, -0.2) is 9.37 Å². The Hall–Kier alpha value is -2.64. The fourth-order valence-electron chi connectivity index (χ4n) is 5.60. The third-order valence-electron chi connectivity index (χ3n) is 6.86. The van der Waals surface area contributed by atoms with E-state index in [9.17, 15) is 9.18 Å². The maximum absolute atomic E-state index is 13.7.